The fourth-order valence-corrected chi connectivity index (χ4v) is 1.99. The van der Waals surface area contributed by atoms with Crippen molar-refractivity contribution in [2.24, 2.45) is 5.92 Å². The standard InChI is InChI=1S/C12H15ClN2/c1-8(2)7-15-11-6-9(3)4-5-10(11)14-12(15)13/h4-6,8H,7H2,1-3H3. The average Bonchev–Trinajstić information content (AvgIpc) is 2.43. The lowest BCUT2D eigenvalue weighted by molar-refractivity contribution is 0.533. The fraction of sp³-hybridized carbons (Fsp3) is 0.417. The summed E-state index contributed by atoms with van der Waals surface area (Å²) in [4.78, 5) is 4.34. The van der Waals surface area contributed by atoms with Crippen molar-refractivity contribution in [3.8, 4) is 0 Å². The first-order chi connectivity index (χ1) is 7.08. The van der Waals surface area contributed by atoms with Crippen LogP contribution in [-0.4, -0.2) is 9.55 Å². The van der Waals surface area contributed by atoms with Gasteiger partial charge in [-0.3, -0.25) is 0 Å². The number of aryl methyl sites for hydroxylation is 1. The fourth-order valence-electron chi connectivity index (χ4n) is 1.74. The van der Waals surface area contributed by atoms with Crippen LogP contribution in [0.1, 0.15) is 19.4 Å². The topological polar surface area (TPSA) is 17.8 Å². The molecule has 0 aliphatic heterocycles. The van der Waals surface area contributed by atoms with Crippen LogP contribution in [-0.2, 0) is 6.54 Å². The molecule has 0 spiro atoms. The van der Waals surface area contributed by atoms with Crippen LogP contribution < -0.4 is 0 Å². The van der Waals surface area contributed by atoms with Crippen molar-refractivity contribution in [2.45, 2.75) is 27.3 Å². The number of rotatable bonds is 2. The van der Waals surface area contributed by atoms with Crippen molar-refractivity contribution in [3.05, 3.63) is 29.0 Å². The first-order valence-electron chi connectivity index (χ1n) is 5.20. The minimum atomic E-state index is 0.570. The second-order valence-corrected chi connectivity index (χ2v) is 4.72. The predicted molar refractivity (Wildman–Crippen MR) is 64.3 cm³/mol. The van der Waals surface area contributed by atoms with Gasteiger partial charge in [0.2, 0.25) is 5.28 Å². The Morgan fingerprint density at radius 3 is 2.80 bits per heavy atom. The van der Waals surface area contributed by atoms with Gasteiger partial charge in [-0.15, -0.1) is 0 Å². The summed E-state index contributed by atoms with van der Waals surface area (Å²) in [7, 11) is 0. The molecule has 0 aliphatic carbocycles. The number of imidazole rings is 1. The van der Waals surface area contributed by atoms with Crippen LogP contribution in [0.15, 0.2) is 18.2 Å². The lowest BCUT2D eigenvalue weighted by Gasteiger charge is -2.08. The maximum Gasteiger partial charge on any atom is 0.203 e. The molecule has 0 bridgehead atoms. The Hall–Kier alpha value is -1.02. The summed E-state index contributed by atoms with van der Waals surface area (Å²) < 4.78 is 2.08. The molecule has 1 aromatic carbocycles. The third-order valence-electron chi connectivity index (χ3n) is 2.40. The van der Waals surface area contributed by atoms with E-state index in [1.54, 1.807) is 0 Å². The van der Waals surface area contributed by atoms with Crippen LogP contribution in [0.2, 0.25) is 5.28 Å². The van der Waals surface area contributed by atoms with Crippen LogP contribution in [0.3, 0.4) is 0 Å². The third kappa shape index (κ3) is 2.00. The van der Waals surface area contributed by atoms with E-state index < -0.39 is 0 Å². The zero-order chi connectivity index (χ0) is 11.0. The number of benzene rings is 1. The van der Waals surface area contributed by atoms with Gasteiger partial charge in [0.25, 0.3) is 0 Å². The van der Waals surface area contributed by atoms with E-state index in [4.69, 9.17) is 11.6 Å². The Balaban J connectivity index is 2.60. The van der Waals surface area contributed by atoms with Gasteiger partial charge in [-0.05, 0) is 42.1 Å². The van der Waals surface area contributed by atoms with Crippen LogP contribution in [0.25, 0.3) is 11.0 Å². The molecule has 3 heteroatoms. The molecule has 0 aliphatic rings. The highest BCUT2D eigenvalue weighted by Gasteiger charge is 2.09. The summed E-state index contributed by atoms with van der Waals surface area (Å²) in [6.07, 6.45) is 0. The lowest BCUT2D eigenvalue weighted by atomic mass is 10.2. The van der Waals surface area contributed by atoms with E-state index in [1.165, 1.54) is 5.56 Å². The maximum absolute atomic E-state index is 6.12. The van der Waals surface area contributed by atoms with Gasteiger partial charge in [-0.25, -0.2) is 4.98 Å². The highest BCUT2D eigenvalue weighted by molar-refractivity contribution is 6.29. The lowest BCUT2D eigenvalue weighted by Crippen LogP contribution is -2.04. The minimum absolute atomic E-state index is 0.570. The molecule has 15 heavy (non-hydrogen) atoms. The van der Waals surface area contributed by atoms with Crippen LogP contribution in [0, 0.1) is 12.8 Å². The van der Waals surface area contributed by atoms with E-state index in [2.05, 4.69) is 42.5 Å². The van der Waals surface area contributed by atoms with Crippen molar-refractivity contribution >= 4 is 22.6 Å². The van der Waals surface area contributed by atoms with Crippen molar-refractivity contribution in [3.63, 3.8) is 0 Å². The molecule has 2 aromatic rings. The minimum Gasteiger partial charge on any atom is -0.314 e. The van der Waals surface area contributed by atoms with Crippen molar-refractivity contribution < 1.29 is 0 Å². The van der Waals surface area contributed by atoms with Gasteiger partial charge in [-0.1, -0.05) is 19.9 Å². The Bertz CT molecular complexity index is 486. The summed E-state index contributed by atoms with van der Waals surface area (Å²) in [6.45, 7) is 7.36. The molecule has 0 amide bonds. The Morgan fingerprint density at radius 2 is 2.13 bits per heavy atom. The second-order valence-electron chi connectivity index (χ2n) is 4.38. The Kier molecular flexibility index (Phi) is 2.70. The number of halogens is 1. The first kappa shape index (κ1) is 10.5. The van der Waals surface area contributed by atoms with Gasteiger partial charge in [0.15, 0.2) is 0 Å². The third-order valence-corrected chi connectivity index (χ3v) is 2.69. The maximum atomic E-state index is 6.12. The highest BCUT2D eigenvalue weighted by Crippen LogP contribution is 2.22. The molecule has 0 fully saturated rings. The SMILES string of the molecule is Cc1ccc2nc(Cl)n(CC(C)C)c2c1. The quantitative estimate of drug-likeness (QED) is 0.759. The first-order valence-corrected chi connectivity index (χ1v) is 5.58. The molecular weight excluding hydrogens is 208 g/mol. The van der Waals surface area contributed by atoms with Crippen molar-refractivity contribution in [2.75, 3.05) is 0 Å². The van der Waals surface area contributed by atoms with Crippen molar-refractivity contribution in [1.29, 1.82) is 0 Å². The molecule has 2 nitrogen and oxygen atoms in total. The van der Waals surface area contributed by atoms with Crippen LogP contribution >= 0.6 is 11.6 Å². The predicted octanol–water partition coefficient (Wildman–Crippen LogP) is 3.65. The monoisotopic (exact) mass is 222 g/mol. The van der Waals surface area contributed by atoms with Gasteiger partial charge >= 0.3 is 0 Å². The smallest absolute Gasteiger partial charge is 0.203 e. The number of fused-ring (bicyclic) bond motifs is 1. The molecule has 0 saturated carbocycles. The molecule has 0 unspecified atom stereocenters. The summed E-state index contributed by atoms with van der Waals surface area (Å²) >= 11 is 6.12. The normalized spacial score (nSPS) is 11.5. The van der Waals surface area contributed by atoms with Gasteiger partial charge in [0, 0.05) is 6.54 Å². The zero-order valence-electron chi connectivity index (χ0n) is 9.29. The molecule has 0 saturated heterocycles. The summed E-state index contributed by atoms with van der Waals surface area (Å²) in [5.41, 5.74) is 3.35. The van der Waals surface area contributed by atoms with E-state index in [-0.39, 0.29) is 0 Å². The van der Waals surface area contributed by atoms with Crippen LogP contribution in [0.4, 0.5) is 0 Å². The summed E-state index contributed by atoms with van der Waals surface area (Å²) in [6, 6.07) is 6.22. The number of nitrogens with zero attached hydrogens (tertiary/aromatic N) is 2. The Labute approximate surface area is 94.9 Å². The summed E-state index contributed by atoms with van der Waals surface area (Å²) in [5.74, 6) is 0.570. The molecule has 0 radical (unpaired) electrons. The van der Waals surface area contributed by atoms with E-state index >= 15 is 0 Å². The molecule has 0 atom stereocenters. The zero-order valence-corrected chi connectivity index (χ0v) is 10.0. The average molecular weight is 223 g/mol. The highest BCUT2D eigenvalue weighted by atomic mass is 35.5. The number of aromatic nitrogens is 2. The van der Waals surface area contributed by atoms with Crippen molar-refractivity contribution in [1.82, 2.24) is 9.55 Å². The molecule has 80 valence electrons. The largest absolute Gasteiger partial charge is 0.314 e. The summed E-state index contributed by atoms with van der Waals surface area (Å²) in [5, 5.41) is 0.587. The van der Waals surface area contributed by atoms with Crippen LogP contribution in [0.5, 0.6) is 0 Å². The van der Waals surface area contributed by atoms with Gasteiger partial charge in [-0.2, -0.15) is 0 Å². The molecule has 1 heterocycles. The van der Waals surface area contributed by atoms with E-state index in [1.807, 2.05) is 6.07 Å². The molecular formula is C12H15ClN2. The van der Waals surface area contributed by atoms with Gasteiger partial charge in [0.1, 0.15) is 0 Å². The molecule has 0 N–H and O–H groups in total. The molecule has 2 rings (SSSR count). The van der Waals surface area contributed by atoms with Gasteiger partial charge in [0.05, 0.1) is 11.0 Å². The van der Waals surface area contributed by atoms with E-state index in [0.717, 1.165) is 17.6 Å². The second kappa shape index (κ2) is 3.86. The van der Waals surface area contributed by atoms with E-state index in [0.29, 0.717) is 11.2 Å². The number of hydrogen-bond acceptors (Lipinski definition) is 1. The molecule has 1 aromatic heterocycles. The van der Waals surface area contributed by atoms with Gasteiger partial charge < -0.3 is 4.57 Å². The Morgan fingerprint density at radius 1 is 1.40 bits per heavy atom. The van der Waals surface area contributed by atoms with E-state index in [9.17, 15) is 0 Å². The number of hydrogen-bond donors (Lipinski definition) is 0.